The van der Waals surface area contributed by atoms with Gasteiger partial charge in [0.05, 0.1) is 11.8 Å². The maximum Gasteiger partial charge on any atom is 0.230 e. The molecule has 0 saturated carbocycles. The van der Waals surface area contributed by atoms with Crippen LogP contribution in [-0.4, -0.2) is 11.7 Å². The first-order chi connectivity index (χ1) is 10.6. The molecule has 114 valence electrons. The number of carbonyl (C=O) groups excluding carboxylic acids is 1. The summed E-state index contributed by atoms with van der Waals surface area (Å²) in [5.74, 6) is 0.565. The Labute approximate surface area is 143 Å². The number of carbonyl (C=O) groups is 1. The molecule has 4 heteroatoms. The minimum absolute atomic E-state index is 0.106. The van der Waals surface area contributed by atoms with E-state index in [2.05, 4.69) is 58.5 Å². The molecule has 0 aromatic heterocycles. The fraction of sp³-hybridized carbons (Fsp3) is 0.278. The SMILES string of the molecule is Cc1cc(Br)ccc1SCC(=O)N[C@@H]1CCc2ccccc21. The second-order valence-corrected chi connectivity index (χ2v) is 7.49. The van der Waals surface area contributed by atoms with Crippen LogP contribution in [0.1, 0.15) is 29.2 Å². The van der Waals surface area contributed by atoms with Gasteiger partial charge in [0.25, 0.3) is 0 Å². The van der Waals surface area contributed by atoms with Gasteiger partial charge in [0.15, 0.2) is 0 Å². The highest BCUT2D eigenvalue weighted by Gasteiger charge is 2.23. The molecule has 2 nitrogen and oxygen atoms in total. The molecule has 3 rings (SSSR count). The summed E-state index contributed by atoms with van der Waals surface area (Å²) in [5, 5.41) is 3.17. The molecular formula is C18H18BrNOS. The molecular weight excluding hydrogens is 358 g/mol. The van der Waals surface area contributed by atoms with E-state index < -0.39 is 0 Å². The van der Waals surface area contributed by atoms with Crippen LogP contribution in [0.15, 0.2) is 51.8 Å². The van der Waals surface area contributed by atoms with E-state index in [0.717, 1.165) is 22.2 Å². The van der Waals surface area contributed by atoms with Gasteiger partial charge in [-0.05, 0) is 54.7 Å². The Morgan fingerprint density at radius 1 is 1.32 bits per heavy atom. The van der Waals surface area contributed by atoms with E-state index in [1.165, 1.54) is 16.7 Å². The van der Waals surface area contributed by atoms with Crippen LogP contribution >= 0.6 is 27.7 Å². The summed E-state index contributed by atoms with van der Waals surface area (Å²) in [5.41, 5.74) is 3.84. The molecule has 0 aliphatic heterocycles. The molecule has 1 N–H and O–H groups in total. The molecule has 0 unspecified atom stereocenters. The van der Waals surface area contributed by atoms with Crippen molar-refractivity contribution in [2.45, 2.75) is 30.7 Å². The number of halogens is 1. The van der Waals surface area contributed by atoms with Gasteiger partial charge in [-0.25, -0.2) is 0 Å². The number of aryl methyl sites for hydroxylation is 2. The van der Waals surface area contributed by atoms with Crippen molar-refractivity contribution >= 4 is 33.6 Å². The van der Waals surface area contributed by atoms with Crippen LogP contribution in [0, 0.1) is 6.92 Å². The molecule has 1 amide bonds. The lowest BCUT2D eigenvalue weighted by Crippen LogP contribution is -2.28. The molecule has 0 radical (unpaired) electrons. The minimum Gasteiger partial charge on any atom is -0.349 e. The van der Waals surface area contributed by atoms with Crippen molar-refractivity contribution in [3.05, 3.63) is 63.6 Å². The lowest BCUT2D eigenvalue weighted by molar-refractivity contribution is -0.119. The smallest absolute Gasteiger partial charge is 0.230 e. The van der Waals surface area contributed by atoms with Gasteiger partial charge in [-0.1, -0.05) is 40.2 Å². The van der Waals surface area contributed by atoms with Crippen LogP contribution < -0.4 is 5.32 Å². The number of amides is 1. The fourth-order valence-corrected chi connectivity index (χ4v) is 4.16. The molecule has 0 spiro atoms. The van der Waals surface area contributed by atoms with E-state index in [9.17, 15) is 4.79 Å². The van der Waals surface area contributed by atoms with Crippen LogP contribution in [0.25, 0.3) is 0 Å². The van der Waals surface area contributed by atoms with E-state index in [1.54, 1.807) is 11.8 Å². The Balaban J connectivity index is 1.57. The third-order valence-corrected chi connectivity index (χ3v) is 5.63. The van der Waals surface area contributed by atoms with Crippen molar-refractivity contribution in [3.63, 3.8) is 0 Å². The van der Waals surface area contributed by atoms with Gasteiger partial charge in [0, 0.05) is 9.37 Å². The average molecular weight is 376 g/mol. The number of benzene rings is 2. The van der Waals surface area contributed by atoms with Gasteiger partial charge in [-0.2, -0.15) is 0 Å². The van der Waals surface area contributed by atoms with E-state index in [-0.39, 0.29) is 11.9 Å². The predicted molar refractivity (Wildman–Crippen MR) is 95.2 cm³/mol. The Morgan fingerprint density at radius 3 is 2.95 bits per heavy atom. The zero-order valence-corrected chi connectivity index (χ0v) is 14.8. The van der Waals surface area contributed by atoms with Crippen molar-refractivity contribution in [3.8, 4) is 0 Å². The van der Waals surface area contributed by atoms with Crippen molar-refractivity contribution in [2.24, 2.45) is 0 Å². The highest BCUT2D eigenvalue weighted by Crippen LogP contribution is 2.31. The number of hydrogen-bond donors (Lipinski definition) is 1. The van der Waals surface area contributed by atoms with E-state index >= 15 is 0 Å². The third kappa shape index (κ3) is 3.55. The number of thioether (sulfide) groups is 1. The van der Waals surface area contributed by atoms with E-state index in [4.69, 9.17) is 0 Å². The van der Waals surface area contributed by atoms with Crippen molar-refractivity contribution in [1.82, 2.24) is 5.32 Å². The zero-order valence-electron chi connectivity index (χ0n) is 12.4. The van der Waals surface area contributed by atoms with Gasteiger partial charge >= 0.3 is 0 Å². The number of fused-ring (bicyclic) bond motifs is 1. The first-order valence-electron chi connectivity index (χ1n) is 7.39. The molecule has 2 aromatic rings. The van der Waals surface area contributed by atoms with Crippen LogP contribution in [0.5, 0.6) is 0 Å². The summed E-state index contributed by atoms with van der Waals surface area (Å²) in [6.45, 7) is 2.07. The topological polar surface area (TPSA) is 29.1 Å². The zero-order chi connectivity index (χ0) is 15.5. The Kier molecular flexibility index (Phi) is 4.89. The normalized spacial score (nSPS) is 16.4. The van der Waals surface area contributed by atoms with Gasteiger partial charge in [-0.3, -0.25) is 4.79 Å². The summed E-state index contributed by atoms with van der Waals surface area (Å²) >= 11 is 5.06. The van der Waals surface area contributed by atoms with Gasteiger partial charge < -0.3 is 5.32 Å². The Bertz CT molecular complexity index is 701. The average Bonchev–Trinajstić information content (AvgIpc) is 2.90. The lowest BCUT2D eigenvalue weighted by Gasteiger charge is -2.14. The highest BCUT2D eigenvalue weighted by atomic mass is 79.9. The monoisotopic (exact) mass is 375 g/mol. The Hall–Kier alpha value is -1.26. The molecule has 1 atom stereocenters. The van der Waals surface area contributed by atoms with E-state index in [1.807, 2.05) is 12.1 Å². The van der Waals surface area contributed by atoms with Crippen LogP contribution in [0.4, 0.5) is 0 Å². The first-order valence-corrected chi connectivity index (χ1v) is 9.17. The molecule has 22 heavy (non-hydrogen) atoms. The first kappa shape index (κ1) is 15.6. The summed E-state index contributed by atoms with van der Waals surface area (Å²) in [6, 6.07) is 14.7. The summed E-state index contributed by atoms with van der Waals surface area (Å²) in [6.07, 6.45) is 2.06. The highest BCUT2D eigenvalue weighted by molar-refractivity contribution is 9.10. The largest absolute Gasteiger partial charge is 0.349 e. The second kappa shape index (κ2) is 6.88. The third-order valence-electron chi connectivity index (χ3n) is 3.96. The molecule has 0 heterocycles. The lowest BCUT2D eigenvalue weighted by atomic mass is 10.1. The second-order valence-electron chi connectivity index (χ2n) is 5.56. The number of rotatable bonds is 4. The molecule has 0 fully saturated rings. The summed E-state index contributed by atoms with van der Waals surface area (Å²) in [4.78, 5) is 13.4. The van der Waals surface area contributed by atoms with Crippen molar-refractivity contribution in [2.75, 3.05) is 5.75 Å². The summed E-state index contributed by atoms with van der Waals surface area (Å²) < 4.78 is 1.07. The molecule has 2 aromatic carbocycles. The maximum atomic E-state index is 12.2. The minimum atomic E-state index is 0.106. The summed E-state index contributed by atoms with van der Waals surface area (Å²) in [7, 11) is 0. The molecule has 1 aliphatic rings. The van der Waals surface area contributed by atoms with E-state index in [0.29, 0.717) is 5.75 Å². The number of nitrogens with one attached hydrogen (secondary N) is 1. The van der Waals surface area contributed by atoms with Gasteiger partial charge in [0.1, 0.15) is 0 Å². The standard InChI is InChI=1S/C18H18BrNOS/c1-12-10-14(19)7-9-17(12)22-11-18(21)20-16-8-6-13-4-2-3-5-15(13)16/h2-5,7,9-10,16H,6,8,11H2,1H3,(H,20,21)/t16-/m1/s1. The molecule has 0 saturated heterocycles. The molecule has 1 aliphatic carbocycles. The van der Waals surface area contributed by atoms with Crippen molar-refractivity contribution in [1.29, 1.82) is 0 Å². The van der Waals surface area contributed by atoms with Crippen molar-refractivity contribution < 1.29 is 4.79 Å². The Morgan fingerprint density at radius 2 is 2.14 bits per heavy atom. The van der Waals surface area contributed by atoms with Gasteiger partial charge in [-0.15, -0.1) is 11.8 Å². The molecule has 0 bridgehead atoms. The van der Waals surface area contributed by atoms with Gasteiger partial charge in [0.2, 0.25) is 5.91 Å². The fourth-order valence-electron chi connectivity index (χ4n) is 2.86. The predicted octanol–water partition coefficient (Wildman–Crippen LogP) is 4.65. The number of hydrogen-bond acceptors (Lipinski definition) is 2. The van der Waals surface area contributed by atoms with Crippen LogP contribution in [0.2, 0.25) is 0 Å². The maximum absolute atomic E-state index is 12.2. The van der Waals surface area contributed by atoms with Crippen LogP contribution in [0.3, 0.4) is 0 Å². The van der Waals surface area contributed by atoms with Crippen LogP contribution in [-0.2, 0) is 11.2 Å². The quantitative estimate of drug-likeness (QED) is 0.787.